The summed E-state index contributed by atoms with van der Waals surface area (Å²) in [6.45, 7) is 5.92. The number of piperazine rings is 1. The van der Waals surface area contributed by atoms with Crippen molar-refractivity contribution in [2.75, 3.05) is 44.2 Å². The second-order valence-corrected chi connectivity index (χ2v) is 11.4. The van der Waals surface area contributed by atoms with Crippen molar-refractivity contribution in [2.45, 2.75) is 32.0 Å². The number of halogens is 5. The lowest BCUT2D eigenvalue weighted by Crippen LogP contribution is -2.53. The first-order valence-electron chi connectivity index (χ1n) is 13.3. The van der Waals surface area contributed by atoms with E-state index in [1.54, 1.807) is 30.5 Å². The van der Waals surface area contributed by atoms with Crippen LogP contribution in [0.4, 0.5) is 14.6 Å². The molecule has 1 aromatic heterocycles. The first-order chi connectivity index (χ1) is 19.3. The van der Waals surface area contributed by atoms with Crippen molar-refractivity contribution in [2.24, 2.45) is 0 Å². The SMILES string of the molecule is O=C(NCc1ccc(Cl)c(Cl)c1)c1cnc(N2CCN(C3CCN(Cc4ccc(F)cc4F)CC3)CC2)c(Cl)c1.[HH]. The maximum Gasteiger partial charge on any atom is 0.253 e. The lowest BCUT2D eigenvalue weighted by atomic mass is 10.0. The van der Waals surface area contributed by atoms with Gasteiger partial charge in [-0.25, -0.2) is 13.8 Å². The molecule has 0 saturated carbocycles. The Morgan fingerprint density at radius 1 is 0.925 bits per heavy atom. The Hall–Kier alpha value is -2.49. The smallest absolute Gasteiger partial charge is 0.253 e. The fourth-order valence-electron chi connectivity index (χ4n) is 5.35. The average Bonchev–Trinajstić information content (AvgIpc) is 2.95. The monoisotopic (exact) mass is 609 g/mol. The largest absolute Gasteiger partial charge is 0.353 e. The van der Waals surface area contributed by atoms with Gasteiger partial charge in [-0.1, -0.05) is 46.9 Å². The number of nitrogens with one attached hydrogen (secondary N) is 1. The molecule has 1 amide bonds. The second-order valence-electron chi connectivity index (χ2n) is 10.2. The van der Waals surface area contributed by atoms with Gasteiger partial charge in [0.1, 0.15) is 17.5 Å². The molecular formula is C29H32Cl3F2N5O. The number of hydrogen-bond acceptors (Lipinski definition) is 5. The first-order valence-corrected chi connectivity index (χ1v) is 14.4. The minimum Gasteiger partial charge on any atom is -0.353 e. The first kappa shape index (κ1) is 29.0. The molecule has 0 spiro atoms. The van der Waals surface area contributed by atoms with Gasteiger partial charge in [0.25, 0.3) is 5.91 Å². The van der Waals surface area contributed by atoms with Crippen LogP contribution in [-0.2, 0) is 13.1 Å². The lowest BCUT2D eigenvalue weighted by Gasteiger charge is -2.43. The summed E-state index contributed by atoms with van der Waals surface area (Å²) in [7, 11) is 0. The number of pyridine rings is 1. The van der Waals surface area contributed by atoms with Gasteiger partial charge in [0, 0.05) is 64.6 Å². The van der Waals surface area contributed by atoms with Crippen LogP contribution in [0, 0.1) is 11.6 Å². The Morgan fingerprint density at radius 2 is 1.68 bits per heavy atom. The summed E-state index contributed by atoms with van der Waals surface area (Å²) in [5.41, 5.74) is 1.76. The van der Waals surface area contributed by atoms with E-state index in [2.05, 4.69) is 25.0 Å². The molecule has 5 rings (SSSR count). The summed E-state index contributed by atoms with van der Waals surface area (Å²) < 4.78 is 27.2. The number of benzene rings is 2. The number of hydrogen-bond donors (Lipinski definition) is 1. The Balaban J connectivity index is 0.00000387. The minimum atomic E-state index is -0.548. The topological polar surface area (TPSA) is 51.7 Å². The highest BCUT2D eigenvalue weighted by Crippen LogP contribution is 2.27. The van der Waals surface area contributed by atoms with Crippen molar-refractivity contribution in [3.05, 3.63) is 92.1 Å². The standard InChI is InChI=1S/C29H30Cl3F2N5O.H2/c30-24-4-1-19(13-25(24)31)16-36-29(40)21-14-26(32)28(35-17-21)39-11-9-38(10-12-39)23-5-7-37(8-6-23)18-20-2-3-22(33)15-27(20)34;/h1-4,13-15,17,23H,5-12,16,18H2,(H,36,40);1H. The van der Waals surface area contributed by atoms with Crippen LogP contribution < -0.4 is 10.2 Å². The highest BCUT2D eigenvalue weighted by Gasteiger charge is 2.29. The molecule has 0 radical (unpaired) electrons. The van der Waals surface area contributed by atoms with Crippen LogP contribution >= 0.6 is 34.8 Å². The number of aromatic nitrogens is 1. The molecular weight excluding hydrogens is 579 g/mol. The van der Waals surface area contributed by atoms with Gasteiger partial charge in [0.15, 0.2) is 0 Å². The number of rotatable bonds is 7. The van der Waals surface area contributed by atoms with E-state index in [-0.39, 0.29) is 7.33 Å². The molecule has 0 aliphatic carbocycles. The summed E-state index contributed by atoms with van der Waals surface area (Å²) in [5.74, 6) is -0.625. The Morgan fingerprint density at radius 3 is 2.35 bits per heavy atom. The third-order valence-corrected chi connectivity index (χ3v) is 8.63. The third kappa shape index (κ3) is 7.04. The van der Waals surface area contributed by atoms with E-state index in [1.165, 1.54) is 12.1 Å². The zero-order valence-electron chi connectivity index (χ0n) is 21.9. The molecule has 3 aromatic rings. The minimum absolute atomic E-state index is 0. The number of amides is 1. The Labute approximate surface area is 249 Å². The van der Waals surface area contributed by atoms with Crippen LogP contribution in [0.15, 0.2) is 48.7 Å². The number of nitrogens with zero attached hydrogens (tertiary/aromatic N) is 4. The van der Waals surface area contributed by atoms with E-state index in [4.69, 9.17) is 34.8 Å². The summed E-state index contributed by atoms with van der Waals surface area (Å²) >= 11 is 18.6. The van der Waals surface area contributed by atoms with Crippen LogP contribution in [0.2, 0.25) is 15.1 Å². The van der Waals surface area contributed by atoms with Crippen LogP contribution in [0.1, 0.15) is 35.8 Å². The summed E-state index contributed by atoms with van der Waals surface area (Å²) in [5, 5.41) is 4.20. The van der Waals surface area contributed by atoms with Gasteiger partial charge in [-0.05, 0) is 55.8 Å². The molecule has 0 unspecified atom stereocenters. The van der Waals surface area contributed by atoms with E-state index < -0.39 is 11.6 Å². The molecule has 3 heterocycles. The zero-order valence-corrected chi connectivity index (χ0v) is 24.1. The Kier molecular flexibility index (Phi) is 9.43. The summed E-state index contributed by atoms with van der Waals surface area (Å²) in [4.78, 5) is 24.1. The third-order valence-electron chi connectivity index (χ3n) is 7.62. The van der Waals surface area contributed by atoms with E-state index in [1.807, 2.05) is 0 Å². The van der Waals surface area contributed by atoms with Crippen LogP contribution in [0.3, 0.4) is 0 Å². The van der Waals surface area contributed by atoms with E-state index in [0.29, 0.717) is 51.1 Å². The Bertz CT molecular complexity index is 1370. The fourth-order valence-corrected chi connectivity index (χ4v) is 5.96. The number of carbonyl (C=O) groups excluding carboxylic acids is 1. The van der Waals surface area contributed by atoms with Gasteiger partial charge in [-0.15, -0.1) is 0 Å². The normalized spacial score (nSPS) is 17.3. The van der Waals surface area contributed by atoms with Crippen molar-refractivity contribution >= 4 is 46.5 Å². The lowest BCUT2D eigenvalue weighted by molar-refractivity contribution is 0.0950. The van der Waals surface area contributed by atoms with Gasteiger partial charge in [0.2, 0.25) is 0 Å². The van der Waals surface area contributed by atoms with Gasteiger partial charge in [0.05, 0.1) is 20.6 Å². The van der Waals surface area contributed by atoms with Crippen molar-refractivity contribution in [3.63, 3.8) is 0 Å². The van der Waals surface area contributed by atoms with Crippen molar-refractivity contribution < 1.29 is 15.0 Å². The number of anilines is 1. The zero-order chi connectivity index (χ0) is 28.2. The second kappa shape index (κ2) is 13.0. The maximum absolute atomic E-state index is 14.0. The molecule has 1 N–H and O–H groups in total. The highest BCUT2D eigenvalue weighted by atomic mass is 35.5. The molecule has 40 heavy (non-hydrogen) atoms. The molecule has 2 saturated heterocycles. The predicted octanol–water partition coefficient (Wildman–Crippen LogP) is 6.28. The number of likely N-dealkylation sites (tertiary alicyclic amines) is 1. The highest BCUT2D eigenvalue weighted by molar-refractivity contribution is 6.42. The molecule has 214 valence electrons. The predicted molar refractivity (Wildman–Crippen MR) is 157 cm³/mol. The van der Waals surface area contributed by atoms with E-state index in [0.717, 1.165) is 63.7 Å². The fraction of sp³-hybridized carbons (Fsp3) is 0.379. The van der Waals surface area contributed by atoms with Crippen molar-refractivity contribution in [1.29, 1.82) is 0 Å². The number of piperidine rings is 1. The van der Waals surface area contributed by atoms with Gasteiger partial charge < -0.3 is 10.2 Å². The van der Waals surface area contributed by atoms with Gasteiger partial charge >= 0.3 is 0 Å². The van der Waals surface area contributed by atoms with Gasteiger partial charge in [-0.3, -0.25) is 14.6 Å². The van der Waals surface area contributed by atoms with E-state index in [9.17, 15) is 13.6 Å². The maximum atomic E-state index is 14.0. The molecule has 6 nitrogen and oxygen atoms in total. The van der Waals surface area contributed by atoms with Crippen LogP contribution in [0.25, 0.3) is 0 Å². The van der Waals surface area contributed by atoms with Crippen LogP contribution in [0.5, 0.6) is 0 Å². The molecule has 0 atom stereocenters. The summed E-state index contributed by atoms with van der Waals surface area (Å²) in [6, 6.07) is 11.1. The molecule has 2 aliphatic rings. The molecule has 0 bridgehead atoms. The van der Waals surface area contributed by atoms with Crippen LogP contribution in [-0.4, -0.2) is 66.0 Å². The quantitative estimate of drug-likeness (QED) is 0.341. The molecule has 11 heteroatoms. The number of carbonyl (C=O) groups is 1. The van der Waals surface area contributed by atoms with E-state index >= 15 is 0 Å². The van der Waals surface area contributed by atoms with Gasteiger partial charge in [-0.2, -0.15) is 0 Å². The molecule has 2 aromatic carbocycles. The van der Waals surface area contributed by atoms with Crippen molar-refractivity contribution in [3.8, 4) is 0 Å². The summed E-state index contributed by atoms with van der Waals surface area (Å²) in [6.07, 6.45) is 3.57. The average molecular weight is 611 g/mol. The molecule has 2 aliphatic heterocycles. The molecule has 2 fully saturated rings. The van der Waals surface area contributed by atoms with Crippen molar-refractivity contribution in [1.82, 2.24) is 20.1 Å².